The number of fused-ring (bicyclic) bond motifs is 1. The van der Waals surface area contributed by atoms with Crippen LogP contribution in [0.3, 0.4) is 0 Å². The molecule has 1 saturated carbocycles. The van der Waals surface area contributed by atoms with E-state index in [0.29, 0.717) is 6.04 Å². The van der Waals surface area contributed by atoms with Crippen LogP contribution in [0.4, 0.5) is 5.69 Å². The Balaban J connectivity index is 1.60. The van der Waals surface area contributed by atoms with Crippen molar-refractivity contribution >= 4 is 39.4 Å². The van der Waals surface area contributed by atoms with E-state index >= 15 is 0 Å². The first-order valence-electron chi connectivity index (χ1n) is 8.50. The van der Waals surface area contributed by atoms with Crippen LogP contribution >= 0.6 is 11.8 Å². The molecule has 1 aromatic heterocycles. The number of hydrogen-bond acceptors (Lipinski definition) is 4. The van der Waals surface area contributed by atoms with Gasteiger partial charge in [-0.15, -0.1) is 11.8 Å². The van der Waals surface area contributed by atoms with Gasteiger partial charge in [-0.05, 0) is 25.0 Å². The third-order valence-electron chi connectivity index (χ3n) is 4.72. The van der Waals surface area contributed by atoms with E-state index in [-0.39, 0.29) is 12.5 Å². The van der Waals surface area contributed by atoms with Crippen molar-refractivity contribution in [2.24, 2.45) is 4.99 Å². The molecule has 4 rings (SSSR count). The Kier molecular flexibility index (Phi) is 4.22. The van der Waals surface area contributed by atoms with Crippen LogP contribution in [0.5, 0.6) is 0 Å². The molecule has 1 aromatic carbocycles. The number of aromatic nitrogens is 1. The molecule has 2 aromatic rings. The molecule has 1 atom stereocenters. The van der Waals surface area contributed by atoms with Crippen LogP contribution in [0.1, 0.15) is 37.8 Å². The van der Waals surface area contributed by atoms with E-state index in [4.69, 9.17) is 5.11 Å². The van der Waals surface area contributed by atoms with Gasteiger partial charge in [-0.3, -0.25) is 9.79 Å². The molecule has 2 aliphatic rings. The minimum atomic E-state index is -0.787. The fraction of sp³-hybridized carbons (Fsp3) is 0.444. The van der Waals surface area contributed by atoms with Crippen molar-refractivity contribution in [1.82, 2.24) is 4.98 Å². The van der Waals surface area contributed by atoms with Gasteiger partial charge in [0.1, 0.15) is 5.04 Å². The second-order valence-electron chi connectivity index (χ2n) is 6.58. The average Bonchev–Trinajstić information content (AvgIpc) is 3.25. The predicted molar refractivity (Wildman–Crippen MR) is 99.2 cm³/mol. The van der Waals surface area contributed by atoms with E-state index in [0.717, 1.165) is 33.1 Å². The van der Waals surface area contributed by atoms with Crippen LogP contribution in [0.2, 0.25) is 0 Å². The Bertz CT molecular complexity index is 793. The zero-order valence-electron chi connectivity index (χ0n) is 13.4. The summed E-state index contributed by atoms with van der Waals surface area (Å²) in [4.78, 5) is 18.9. The lowest BCUT2D eigenvalue weighted by molar-refractivity contribution is -0.137. The van der Waals surface area contributed by atoms with Crippen LogP contribution in [0.25, 0.3) is 10.9 Å². The number of aliphatic carboxylic acids is 1. The Labute approximate surface area is 144 Å². The highest BCUT2D eigenvalue weighted by molar-refractivity contribution is 8.14. The van der Waals surface area contributed by atoms with E-state index in [1.165, 1.54) is 25.7 Å². The lowest BCUT2D eigenvalue weighted by Gasteiger charge is -2.14. The van der Waals surface area contributed by atoms with Crippen LogP contribution < -0.4 is 5.32 Å². The molecule has 0 radical (unpaired) electrons. The van der Waals surface area contributed by atoms with Crippen molar-refractivity contribution in [2.45, 2.75) is 44.2 Å². The van der Waals surface area contributed by atoms with Crippen LogP contribution in [-0.2, 0) is 4.79 Å². The molecule has 1 fully saturated rings. The fourth-order valence-electron chi connectivity index (χ4n) is 3.55. The Morgan fingerprint density at radius 1 is 1.38 bits per heavy atom. The third-order valence-corrected chi connectivity index (χ3v) is 5.87. The quantitative estimate of drug-likeness (QED) is 0.770. The largest absolute Gasteiger partial charge is 0.481 e. The van der Waals surface area contributed by atoms with Gasteiger partial charge in [-0.2, -0.15) is 0 Å². The maximum Gasteiger partial charge on any atom is 0.305 e. The van der Waals surface area contributed by atoms with Crippen LogP contribution in [0, 0.1) is 0 Å². The van der Waals surface area contributed by atoms with Gasteiger partial charge < -0.3 is 15.4 Å². The molecule has 0 bridgehead atoms. The molecule has 1 aliphatic carbocycles. The zero-order chi connectivity index (χ0) is 16.5. The highest BCUT2D eigenvalue weighted by atomic mass is 32.2. The Morgan fingerprint density at radius 3 is 3.00 bits per heavy atom. The number of carboxylic acids is 1. The van der Waals surface area contributed by atoms with Gasteiger partial charge in [0.25, 0.3) is 0 Å². The summed E-state index contributed by atoms with van der Waals surface area (Å²) in [7, 11) is 0. The number of benzene rings is 1. The van der Waals surface area contributed by atoms with Gasteiger partial charge in [-0.1, -0.05) is 25.0 Å². The number of para-hydroxylation sites is 1. The molecular formula is C18H21N3O2S. The third kappa shape index (κ3) is 3.15. The van der Waals surface area contributed by atoms with Crippen LogP contribution in [-0.4, -0.2) is 38.9 Å². The van der Waals surface area contributed by atoms with E-state index in [1.807, 2.05) is 0 Å². The molecule has 1 unspecified atom stereocenters. The number of nitrogens with one attached hydrogen (secondary N) is 2. The first-order valence-corrected chi connectivity index (χ1v) is 9.48. The number of thioether (sulfide) groups is 1. The van der Waals surface area contributed by atoms with Crippen LogP contribution in [0.15, 0.2) is 29.3 Å². The number of nitrogens with zero attached hydrogens (tertiary/aromatic N) is 1. The van der Waals surface area contributed by atoms with E-state index in [9.17, 15) is 4.79 Å². The van der Waals surface area contributed by atoms with E-state index in [1.54, 1.807) is 11.8 Å². The number of aromatic amines is 1. The maximum absolute atomic E-state index is 10.9. The standard InChI is InChI=1S/C18H21N3O2S/c22-16(23)9-13-10-24-18(20-13)15-8-11-4-3-7-14(17(11)21-15)19-12-5-1-2-6-12/h3-4,7-8,12-13,19,21H,1-2,5-6,9-10H2,(H,22,23). The smallest absolute Gasteiger partial charge is 0.305 e. The second-order valence-corrected chi connectivity index (χ2v) is 7.58. The second kappa shape index (κ2) is 6.51. The van der Waals surface area contributed by atoms with Crippen molar-refractivity contribution in [2.75, 3.05) is 11.1 Å². The minimum Gasteiger partial charge on any atom is -0.481 e. The molecule has 2 heterocycles. The topological polar surface area (TPSA) is 77.5 Å². The Hall–Kier alpha value is -1.95. The lowest BCUT2D eigenvalue weighted by Crippen LogP contribution is -2.14. The number of aliphatic imine (C=N–C) groups is 1. The van der Waals surface area contributed by atoms with Gasteiger partial charge in [0.2, 0.25) is 0 Å². The summed E-state index contributed by atoms with van der Waals surface area (Å²) in [5.74, 6) is -0.0465. The first kappa shape index (κ1) is 15.6. The highest BCUT2D eigenvalue weighted by Crippen LogP contribution is 2.31. The summed E-state index contributed by atoms with van der Waals surface area (Å²) in [5.41, 5.74) is 3.25. The van der Waals surface area contributed by atoms with Gasteiger partial charge in [0.15, 0.2) is 0 Å². The van der Waals surface area contributed by atoms with Gasteiger partial charge >= 0.3 is 5.97 Å². The fourth-order valence-corrected chi connectivity index (χ4v) is 4.58. The number of rotatable bonds is 5. The molecular weight excluding hydrogens is 322 g/mol. The van der Waals surface area contributed by atoms with Gasteiger partial charge in [0, 0.05) is 17.2 Å². The highest BCUT2D eigenvalue weighted by Gasteiger charge is 2.23. The summed E-state index contributed by atoms with van der Waals surface area (Å²) in [6.07, 6.45) is 5.20. The summed E-state index contributed by atoms with van der Waals surface area (Å²) in [6.45, 7) is 0. The summed E-state index contributed by atoms with van der Waals surface area (Å²) >= 11 is 1.63. The molecule has 126 valence electrons. The summed E-state index contributed by atoms with van der Waals surface area (Å²) in [6, 6.07) is 8.87. The summed E-state index contributed by atoms with van der Waals surface area (Å²) in [5, 5.41) is 14.7. The average molecular weight is 343 g/mol. The normalized spacial score (nSPS) is 21.3. The van der Waals surface area contributed by atoms with Crippen molar-refractivity contribution in [1.29, 1.82) is 0 Å². The molecule has 6 heteroatoms. The number of H-pyrrole nitrogens is 1. The molecule has 0 saturated heterocycles. The number of hydrogen-bond donors (Lipinski definition) is 3. The number of carboxylic acid groups (broad SMARTS) is 1. The SMILES string of the molecule is O=C(O)CC1CSC(c2cc3cccc(NC4CCCC4)c3[nH]2)=N1. The molecule has 0 spiro atoms. The lowest BCUT2D eigenvalue weighted by atomic mass is 10.2. The van der Waals surface area contributed by atoms with Crippen molar-refractivity contribution < 1.29 is 9.90 Å². The minimum absolute atomic E-state index is 0.102. The van der Waals surface area contributed by atoms with E-state index in [2.05, 4.69) is 39.6 Å². The maximum atomic E-state index is 10.9. The summed E-state index contributed by atoms with van der Waals surface area (Å²) < 4.78 is 0. The van der Waals surface area contributed by atoms with Crippen molar-refractivity contribution in [3.63, 3.8) is 0 Å². The predicted octanol–water partition coefficient (Wildman–Crippen LogP) is 3.86. The monoisotopic (exact) mass is 343 g/mol. The molecule has 1 aliphatic heterocycles. The van der Waals surface area contributed by atoms with Crippen molar-refractivity contribution in [3.8, 4) is 0 Å². The molecule has 5 nitrogen and oxygen atoms in total. The first-order chi connectivity index (χ1) is 11.7. The van der Waals surface area contributed by atoms with Gasteiger partial charge in [0.05, 0.1) is 29.4 Å². The molecule has 0 amide bonds. The number of carbonyl (C=O) groups is 1. The zero-order valence-corrected chi connectivity index (χ0v) is 14.2. The van der Waals surface area contributed by atoms with Gasteiger partial charge in [-0.25, -0.2) is 0 Å². The Morgan fingerprint density at radius 2 is 2.21 bits per heavy atom. The molecule has 3 N–H and O–H groups in total. The van der Waals surface area contributed by atoms with Crippen molar-refractivity contribution in [3.05, 3.63) is 30.0 Å². The number of anilines is 1. The van der Waals surface area contributed by atoms with E-state index < -0.39 is 5.97 Å². The molecule has 24 heavy (non-hydrogen) atoms.